The van der Waals surface area contributed by atoms with Gasteiger partial charge in [-0.05, 0) is 40.0 Å². The van der Waals surface area contributed by atoms with Gasteiger partial charge in [-0.15, -0.1) is 0 Å². The molecule has 0 radical (unpaired) electrons. The lowest BCUT2D eigenvalue weighted by Crippen LogP contribution is -2.07. The standard InChI is InChI=1S/C15H14BrNO/c1-18-14-8-3-2-6-11(14)13-9-10-5-4-7-12(16)15(10)17-13/h2-8,13,17H,9H2,1H3. The van der Waals surface area contributed by atoms with Crippen LogP contribution in [0.1, 0.15) is 17.2 Å². The number of benzene rings is 2. The van der Waals surface area contributed by atoms with E-state index in [4.69, 9.17) is 4.74 Å². The summed E-state index contributed by atoms with van der Waals surface area (Å²) in [4.78, 5) is 0. The minimum Gasteiger partial charge on any atom is -0.496 e. The van der Waals surface area contributed by atoms with Gasteiger partial charge in [-0.25, -0.2) is 0 Å². The molecule has 1 aliphatic rings. The molecule has 3 rings (SSSR count). The summed E-state index contributed by atoms with van der Waals surface area (Å²) >= 11 is 3.59. The van der Waals surface area contributed by atoms with Gasteiger partial charge in [0.15, 0.2) is 0 Å². The predicted octanol–water partition coefficient (Wildman–Crippen LogP) is 4.17. The van der Waals surface area contributed by atoms with Crippen LogP contribution >= 0.6 is 15.9 Å². The van der Waals surface area contributed by atoms with Crippen LogP contribution in [0.25, 0.3) is 0 Å². The Bertz CT molecular complexity index is 582. The Balaban J connectivity index is 1.96. The van der Waals surface area contributed by atoms with Crippen LogP contribution in [0.4, 0.5) is 5.69 Å². The number of nitrogens with one attached hydrogen (secondary N) is 1. The number of anilines is 1. The molecule has 0 saturated carbocycles. The van der Waals surface area contributed by atoms with E-state index in [9.17, 15) is 0 Å². The molecule has 0 aliphatic carbocycles. The second-order valence-electron chi connectivity index (χ2n) is 4.42. The van der Waals surface area contributed by atoms with Crippen molar-refractivity contribution in [3.05, 3.63) is 58.1 Å². The Labute approximate surface area is 115 Å². The summed E-state index contributed by atoms with van der Waals surface area (Å²) in [6.07, 6.45) is 0.995. The van der Waals surface area contributed by atoms with Crippen molar-refractivity contribution in [3.63, 3.8) is 0 Å². The number of hydrogen-bond donors (Lipinski definition) is 1. The van der Waals surface area contributed by atoms with Crippen LogP contribution in [0.2, 0.25) is 0 Å². The van der Waals surface area contributed by atoms with Crippen molar-refractivity contribution in [1.82, 2.24) is 0 Å². The Kier molecular flexibility index (Phi) is 3.00. The van der Waals surface area contributed by atoms with Crippen molar-refractivity contribution < 1.29 is 4.74 Å². The van der Waals surface area contributed by atoms with Crippen LogP contribution in [0.3, 0.4) is 0 Å². The molecular formula is C15H14BrNO. The van der Waals surface area contributed by atoms with Crippen molar-refractivity contribution >= 4 is 21.6 Å². The summed E-state index contributed by atoms with van der Waals surface area (Å²) in [5, 5.41) is 3.57. The van der Waals surface area contributed by atoms with E-state index in [2.05, 4.69) is 51.6 Å². The highest BCUT2D eigenvalue weighted by atomic mass is 79.9. The van der Waals surface area contributed by atoms with Crippen molar-refractivity contribution in [3.8, 4) is 5.75 Å². The van der Waals surface area contributed by atoms with Crippen LogP contribution < -0.4 is 10.1 Å². The van der Waals surface area contributed by atoms with Gasteiger partial charge in [0.1, 0.15) is 5.75 Å². The first kappa shape index (κ1) is 11.6. The lowest BCUT2D eigenvalue weighted by atomic mass is 10.0. The molecule has 18 heavy (non-hydrogen) atoms. The molecule has 0 fully saturated rings. The number of fused-ring (bicyclic) bond motifs is 1. The SMILES string of the molecule is COc1ccccc1C1Cc2cccc(Br)c2N1. The number of hydrogen-bond acceptors (Lipinski definition) is 2. The summed E-state index contributed by atoms with van der Waals surface area (Å²) in [5.74, 6) is 0.943. The van der Waals surface area contributed by atoms with E-state index >= 15 is 0 Å². The Hall–Kier alpha value is -1.48. The van der Waals surface area contributed by atoms with Crippen LogP contribution in [0.15, 0.2) is 46.9 Å². The molecule has 1 N–H and O–H groups in total. The Morgan fingerprint density at radius 1 is 1.17 bits per heavy atom. The van der Waals surface area contributed by atoms with E-state index in [1.54, 1.807) is 7.11 Å². The molecule has 0 aromatic heterocycles. The first-order valence-electron chi connectivity index (χ1n) is 5.96. The van der Waals surface area contributed by atoms with Crippen LogP contribution in [-0.2, 0) is 6.42 Å². The minimum atomic E-state index is 0.287. The van der Waals surface area contributed by atoms with Gasteiger partial charge in [0.2, 0.25) is 0 Å². The molecule has 1 heterocycles. The molecule has 1 aliphatic heterocycles. The summed E-state index contributed by atoms with van der Waals surface area (Å²) in [6.45, 7) is 0. The number of halogens is 1. The zero-order chi connectivity index (χ0) is 12.5. The monoisotopic (exact) mass is 303 g/mol. The predicted molar refractivity (Wildman–Crippen MR) is 77.2 cm³/mol. The lowest BCUT2D eigenvalue weighted by molar-refractivity contribution is 0.407. The molecule has 2 nitrogen and oxygen atoms in total. The number of ether oxygens (including phenoxy) is 1. The first-order valence-corrected chi connectivity index (χ1v) is 6.75. The third-order valence-corrected chi connectivity index (χ3v) is 4.02. The van der Waals surface area contributed by atoms with Crippen molar-refractivity contribution in [2.45, 2.75) is 12.5 Å². The molecule has 1 unspecified atom stereocenters. The second-order valence-corrected chi connectivity index (χ2v) is 5.27. The normalized spacial score (nSPS) is 17.1. The fraction of sp³-hybridized carbons (Fsp3) is 0.200. The van der Waals surface area contributed by atoms with Gasteiger partial charge in [0.05, 0.1) is 18.8 Å². The minimum absolute atomic E-state index is 0.287. The molecule has 92 valence electrons. The molecule has 0 bridgehead atoms. The van der Waals surface area contributed by atoms with E-state index in [0.717, 1.165) is 16.6 Å². The summed E-state index contributed by atoms with van der Waals surface area (Å²) in [7, 11) is 1.72. The molecule has 2 aromatic rings. The first-order chi connectivity index (χ1) is 8.79. The van der Waals surface area contributed by atoms with Gasteiger partial charge in [-0.1, -0.05) is 30.3 Å². The maximum Gasteiger partial charge on any atom is 0.124 e. The Morgan fingerprint density at radius 3 is 2.78 bits per heavy atom. The van der Waals surface area contributed by atoms with Crippen LogP contribution in [0.5, 0.6) is 5.75 Å². The number of methoxy groups -OCH3 is 1. The maximum atomic E-state index is 5.44. The van der Waals surface area contributed by atoms with Crippen LogP contribution in [-0.4, -0.2) is 7.11 Å². The lowest BCUT2D eigenvalue weighted by Gasteiger charge is -2.15. The summed E-state index contributed by atoms with van der Waals surface area (Å²) < 4.78 is 6.56. The van der Waals surface area contributed by atoms with Crippen molar-refractivity contribution in [2.75, 3.05) is 12.4 Å². The largest absolute Gasteiger partial charge is 0.496 e. The number of para-hydroxylation sites is 2. The van der Waals surface area contributed by atoms with Gasteiger partial charge < -0.3 is 10.1 Å². The highest BCUT2D eigenvalue weighted by Gasteiger charge is 2.25. The Morgan fingerprint density at radius 2 is 2.00 bits per heavy atom. The summed E-state index contributed by atoms with van der Waals surface area (Å²) in [6, 6.07) is 14.8. The average molecular weight is 304 g/mol. The van der Waals surface area contributed by atoms with Crippen molar-refractivity contribution in [1.29, 1.82) is 0 Å². The maximum absolute atomic E-state index is 5.44. The van der Waals surface area contributed by atoms with Gasteiger partial charge in [-0.2, -0.15) is 0 Å². The molecule has 1 atom stereocenters. The smallest absolute Gasteiger partial charge is 0.124 e. The van der Waals surface area contributed by atoms with Gasteiger partial charge in [0, 0.05) is 10.0 Å². The summed E-state index contributed by atoms with van der Waals surface area (Å²) in [5.41, 5.74) is 3.76. The van der Waals surface area contributed by atoms with E-state index in [1.807, 2.05) is 12.1 Å². The fourth-order valence-electron chi connectivity index (χ4n) is 2.49. The molecule has 0 spiro atoms. The van der Waals surface area contributed by atoms with E-state index in [-0.39, 0.29) is 6.04 Å². The van der Waals surface area contributed by atoms with E-state index < -0.39 is 0 Å². The van der Waals surface area contributed by atoms with Crippen LogP contribution in [0, 0.1) is 0 Å². The molecule has 2 aromatic carbocycles. The molecule has 3 heteroatoms. The molecule has 0 saturated heterocycles. The highest BCUT2D eigenvalue weighted by Crippen LogP contribution is 2.40. The van der Waals surface area contributed by atoms with Gasteiger partial charge in [0.25, 0.3) is 0 Å². The average Bonchev–Trinajstić information content (AvgIpc) is 2.84. The van der Waals surface area contributed by atoms with Gasteiger partial charge >= 0.3 is 0 Å². The topological polar surface area (TPSA) is 21.3 Å². The zero-order valence-corrected chi connectivity index (χ0v) is 11.7. The third kappa shape index (κ3) is 1.89. The second kappa shape index (κ2) is 4.65. The quantitative estimate of drug-likeness (QED) is 0.899. The van der Waals surface area contributed by atoms with E-state index in [1.165, 1.54) is 16.8 Å². The number of rotatable bonds is 2. The highest BCUT2D eigenvalue weighted by molar-refractivity contribution is 9.10. The third-order valence-electron chi connectivity index (χ3n) is 3.36. The van der Waals surface area contributed by atoms with Gasteiger partial charge in [-0.3, -0.25) is 0 Å². The molecular weight excluding hydrogens is 290 g/mol. The van der Waals surface area contributed by atoms with Crippen molar-refractivity contribution in [2.24, 2.45) is 0 Å². The van der Waals surface area contributed by atoms with E-state index in [0.29, 0.717) is 0 Å². The molecule has 0 amide bonds. The fourth-order valence-corrected chi connectivity index (χ4v) is 3.01. The zero-order valence-electron chi connectivity index (χ0n) is 10.1.